The highest BCUT2D eigenvalue weighted by molar-refractivity contribution is 7.22. The van der Waals surface area contributed by atoms with Gasteiger partial charge in [0.05, 0.1) is 6.61 Å². The first-order chi connectivity index (χ1) is 20.2. The second-order valence-corrected chi connectivity index (χ2v) is 12.4. The summed E-state index contributed by atoms with van der Waals surface area (Å²) >= 11 is 1.81. The van der Waals surface area contributed by atoms with Gasteiger partial charge in [-0.3, -0.25) is 9.80 Å². The molecule has 2 fully saturated rings. The molecular formula is C36H46N2O3S. The number of aliphatic hydroxyl groups is 1. The maximum atomic E-state index is 9.73. The molecule has 4 aromatic rings. The number of likely N-dealkylation sites (tertiary alicyclic amines) is 2. The van der Waals surface area contributed by atoms with Gasteiger partial charge in [-0.15, -0.1) is 11.3 Å². The lowest BCUT2D eigenvalue weighted by Crippen LogP contribution is -2.33. The van der Waals surface area contributed by atoms with E-state index in [4.69, 9.17) is 9.47 Å². The average molecular weight is 587 g/mol. The van der Waals surface area contributed by atoms with Gasteiger partial charge in [0.15, 0.2) is 0 Å². The molecule has 6 heteroatoms. The number of benzene rings is 3. The molecule has 1 aromatic heterocycles. The fourth-order valence-electron chi connectivity index (χ4n) is 6.09. The Bertz CT molecular complexity index is 1390. The van der Waals surface area contributed by atoms with Crippen molar-refractivity contribution in [2.24, 2.45) is 0 Å². The molecular weight excluding hydrogens is 540 g/mol. The first kappa shape index (κ1) is 30.6. The van der Waals surface area contributed by atoms with Crippen LogP contribution in [0.1, 0.15) is 56.2 Å². The molecule has 0 bridgehead atoms. The number of nitrogens with zero attached hydrogens (tertiary/aromatic N) is 2. The van der Waals surface area contributed by atoms with E-state index in [1.54, 1.807) is 11.3 Å². The van der Waals surface area contributed by atoms with Crippen molar-refractivity contribution in [3.05, 3.63) is 83.4 Å². The monoisotopic (exact) mass is 586 g/mol. The van der Waals surface area contributed by atoms with Gasteiger partial charge < -0.3 is 14.6 Å². The zero-order chi connectivity index (χ0) is 27.9. The van der Waals surface area contributed by atoms with E-state index in [2.05, 4.69) is 70.5 Å². The van der Waals surface area contributed by atoms with E-state index in [9.17, 15) is 5.11 Å². The Morgan fingerprint density at radius 1 is 0.667 bits per heavy atom. The molecule has 3 heterocycles. The van der Waals surface area contributed by atoms with E-state index >= 15 is 0 Å². The average Bonchev–Trinajstić information content (AvgIpc) is 3.67. The van der Waals surface area contributed by atoms with Crippen LogP contribution in [-0.4, -0.2) is 67.4 Å². The van der Waals surface area contributed by atoms with Crippen molar-refractivity contribution in [3.8, 4) is 21.9 Å². The van der Waals surface area contributed by atoms with Crippen molar-refractivity contribution in [1.82, 2.24) is 9.80 Å². The minimum Gasteiger partial charge on any atom is -0.492 e. The van der Waals surface area contributed by atoms with Crippen molar-refractivity contribution >= 4 is 21.4 Å². The van der Waals surface area contributed by atoms with Crippen LogP contribution in [0.15, 0.2) is 66.7 Å². The van der Waals surface area contributed by atoms with E-state index in [0.29, 0.717) is 0 Å². The Balaban J connectivity index is 0.00000353. The summed E-state index contributed by atoms with van der Waals surface area (Å²) in [5, 5.41) is 11.0. The molecule has 5 nitrogen and oxygen atoms in total. The normalized spacial score (nSPS) is 16.0. The Hall–Kier alpha value is -2.90. The number of thiophene rings is 1. The topological polar surface area (TPSA) is 45.2 Å². The van der Waals surface area contributed by atoms with E-state index in [1.807, 2.05) is 6.07 Å². The number of piperidine rings is 1. The summed E-state index contributed by atoms with van der Waals surface area (Å²) in [6, 6.07) is 23.5. The lowest BCUT2D eigenvalue weighted by molar-refractivity contribution is 0.183. The highest BCUT2D eigenvalue weighted by Crippen LogP contribution is 2.41. The van der Waals surface area contributed by atoms with Gasteiger partial charge in [-0.1, -0.05) is 38.1 Å². The molecule has 2 aliphatic heterocycles. The lowest BCUT2D eigenvalue weighted by atomic mass is 9.98. The van der Waals surface area contributed by atoms with E-state index in [0.717, 1.165) is 49.8 Å². The lowest BCUT2D eigenvalue weighted by Gasteiger charge is -2.26. The molecule has 0 amide bonds. The van der Waals surface area contributed by atoms with Crippen LogP contribution < -0.4 is 9.47 Å². The highest BCUT2D eigenvalue weighted by Gasteiger charge is 2.16. The summed E-state index contributed by atoms with van der Waals surface area (Å²) in [6.07, 6.45) is 7.45. The number of hydrogen-bond donors (Lipinski definition) is 1. The van der Waals surface area contributed by atoms with Crippen LogP contribution in [0, 0.1) is 0 Å². The number of fused-ring (bicyclic) bond motifs is 1. The molecule has 0 aliphatic carbocycles. The minimum atomic E-state index is 0. The van der Waals surface area contributed by atoms with Crippen molar-refractivity contribution in [2.75, 3.05) is 52.5 Å². The van der Waals surface area contributed by atoms with Crippen LogP contribution >= 0.6 is 11.3 Å². The molecule has 2 aliphatic rings. The predicted molar refractivity (Wildman–Crippen MR) is 176 cm³/mol. The second kappa shape index (κ2) is 15.0. The summed E-state index contributed by atoms with van der Waals surface area (Å²) in [4.78, 5) is 6.27. The summed E-state index contributed by atoms with van der Waals surface area (Å²) in [6.45, 7) is 8.33. The Kier molecular flexibility index (Phi) is 10.9. The van der Waals surface area contributed by atoms with E-state index in [-0.39, 0.29) is 14.0 Å². The maximum absolute atomic E-state index is 9.73. The zero-order valence-corrected chi connectivity index (χ0v) is 24.8. The van der Waals surface area contributed by atoms with Crippen LogP contribution in [0.5, 0.6) is 11.5 Å². The second-order valence-electron chi connectivity index (χ2n) is 11.4. The third kappa shape index (κ3) is 7.73. The summed E-state index contributed by atoms with van der Waals surface area (Å²) in [7, 11) is 0. The fraction of sp³-hybridized carbons (Fsp3) is 0.444. The van der Waals surface area contributed by atoms with Gasteiger partial charge in [0, 0.05) is 22.7 Å². The SMILES string of the molecule is C.OCc1ccc2c(Cc3ccc(OCCN4CCCCC4)cc3)c(-c3ccc(OCCN4CCCC4)cc3)sc2c1. The first-order valence-corrected chi connectivity index (χ1v) is 16.1. The third-order valence-corrected chi connectivity index (χ3v) is 9.70. The number of aliphatic hydroxyl groups excluding tert-OH is 1. The van der Waals surface area contributed by atoms with Gasteiger partial charge in [0.1, 0.15) is 24.7 Å². The van der Waals surface area contributed by atoms with Crippen molar-refractivity contribution in [2.45, 2.75) is 52.6 Å². The van der Waals surface area contributed by atoms with E-state index in [1.165, 1.54) is 89.9 Å². The molecule has 6 rings (SSSR count). The Morgan fingerprint density at radius 2 is 1.21 bits per heavy atom. The van der Waals surface area contributed by atoms with Gasteiger partial charge >= 0.3 is 0 Å². The Morgan fingerprint density at radius 3 is 1.81 bits per heavy atom. The molecule has 0 saturated carbocycles. The van der Waals surface area contributed by atoms with Gasteiger partial charge in [-0.05, 0) is 128 Å². The van der Waals surface area contributed by atoms with Gasteiger partial charge in [-0.25, -0.2) is 0 Å². The molecule has 3 aromatic carbocycles. The third-order valence-electron chi connectivity index (χ3n) is 8.46. The molecule has 0 unspecified atom stereocenters. The summed E-state index contributed by atoms with van der Waals surface area (Å²) < 4.78 is 13.4. The molecule has 42 heavy (non-hydrogen) atoms. The van der Waals surface area contributed by atoms with Gasteiger partial charge in [0.25, 0.3) is 0 Å². The van der Waals surface area contributed by atoms with Crippen LogP contribution in [0.4, 0.5) is 0 Å². The van der Waals surface area contributed by atoms with Crippen molar-refractivity contribution in [3.63, 3.8) is 0 Å². The summed E-state index contributed by atoms with van der Waals surface area (Å²) in [5.74, 6) is 1.86. The van der Waals surface area contributed by atoms with Crippen LogP contribution in [0.25, 0.3) is 20.5 Å². The molecule has 0 atom stereocenters. The highest BCUT2D eigenvalue weighted by atomic mass is 32.1. The van der Waals surface area contributed by atoms with Crippen LogP contribution in [-0.2, 0) is 13.0 Å². The summed E-state index contributed by atoms with van der Waals surface area (Å²) in [5.41, 5.74) is 4.75. The minimum absolute atomic E-state index is 0. The van der Waals surface area contributed by atoms with Crippen LogP contribution in [0.2, 0.25) is 0 Å². The molecule has 2 saturated heterocycles. The zero-order valence-electron chi connectivity index (χ0n) is 24.0. The molecule has 1 N–H and O–H groups in total. The first-order valence-electron chi connectivity index (χ1n) is 15.3. The maximum Gasteiger partial charge on any atom is 0.119 e. The van der Waals surface area contributed by atoms with Gasteiger partial charge in [-0.2, -0.15) is 0 Å². The number of rotatable bonds is 12. The van der Waals surface area contributed by atoms with E-state index < -0.39 is 0 Å². The number of ether oxygens (including phenoxy) is 2. The standard InChI is InChI=1S/C35H42N2O3S.CH4/c38-26-28-8-15-32-33(24-27-6-11-30(12-7-27)39-22-20-36-16-2-1-3-17-36)35(41-34(32)25-28)29-9-13-31(14-10-29)40-23-21-37-18-4-5-19-37;/h6-15,25,38H,1-5,16-24,26H2;1H4. The predicted octanol–water partition coefficient (Wildman–Crippen LogP) is 7.63. The Labute approximate surface area is 255 Å². The largest absolute Gasteiger partial charge is 0.492 e. The number of hydrogen-bond acceptors (Lipinski definition) is 6. The molecule has 224 valence electrons. The quantitative estimate of drug-likeness (QED) is 0.185. The van der Waals surface area contributed by atoms with Crippen molar-refractivity contribution in [1.29, 1.82) is 0 Å². The fourth-order valence-corrected chi connectivity index (χ4v) is 7.38. The van der Waals surface area contributed by atoms with Gasteiger partial charge in [0.2, 0.25) is 0 Å². The van der Waals surface area contributed by atoms with Crippen LogP contribution in [0.3, 0.4) is 0 Å². The molecule has 0 spiro atoms. The van der Waals surface area contributed by atoms with Crippen molar-refractivity contribution < 1.29 is 14.6 Å². The smallest absolute Gasteiger partial charge is 0.119 e. The molecule has 0 radical (unpaired) electrons.